The number of pyridine rings is 1. The Balaban J connectivity index is 2.00. The molecule has 94 valence electrons. The molecular formula is C13H15N3O2. The van der Waals surface area contributed by atoms with Gasteiger partial charge in [-0.25, -0.2) is 4.98 Å². The zero-order valence-electron chi connectivity index (χ0n) is 10.3. The Kier molecular flexibility index (Phi) is 3.62. The van der Waals surface area contributed by atoms with Crippen LogP contribution in [0.2, 0.25) is 0 Å². The first kappa shape index (κ1) is 12.2. The van der Waals surface area contributed by atoms with Crippen molar-refractivity contribution in [2.75, 3.05) is 10.6 Å². The Morgan fingerprint density at radius 1 is 1.33 bits per heavy atom. The molecule has 1 amide bonds. The molecule has 0 spiro atoms. The van der Waals surface area contributed by atoms with Gasteiger partial charge in [0.05, 0.1) is 18.1 Å². The summed E-state index contributed by atoms with van der Waals surface area (Å²) in [5, 5.41) is 5.87. The van der Waals surface area contributed by atoms with Crippen LogP contribution in [-0.2, 0) is 0 Å². The number of nitrogens with one attached hydrogen (secondary N) is 2. The molecule has 0 aliphatic rings. The molecule has 0 saturated carbocycles. The monoisotopic (exact) mass is 245 g/mol. The maximum absolute atomic E-state index is 11.7. The van der Waals surface area contributed by atoms with Gasteiger partial charge in [-0.15, -0.1) is 0 Å². The van der Waals surface area contributed by atoms with Crippen LogP contribution in [0.5, 0.6) is 0 Å². The molecule has 0 aliphatic heterocycles. The van der Waals surface area contributed by atoms with Crippen molar-refractivity contribution in [1.82, 2.24) is 4.98 Å². The molecule has 18 heavy (non-hydrogen) atoms. The Labute approximate surface area is 105 Å². The lowest BCUT2D eigenvalue weighted by atomic mass is 10.3. The zero-order valence-corrected chi connectivity index (χ0v) is 10.3. The van der Waals surface area contributed by atoms with Crippen LogP contribution in [-0.4, -0.2) is 16.9 Å². The smallest absolute Gasteiger partial charge is 0.292 e. The Hall–Kier alpha value is -2.30. The van der Waals surface area contributed by atoms with Gasteiger partial charge in [0.2, 0.25) is 0 Å². The van der Waals surface area contributed by atoms with Gasteiger partial charge in [0.15, 0.2) is 5.76 Å². The third kappa shape index (κ3) is 3.10. The SMILES string of the molecule is CC(C)Nc1ccc(NC(=O)c2ccco2)nc1. The minimum atomic E-state index is -0.308. The highest BCUT2D eigenvalue weighted by Crippen LogP contribution is 2.12. The van der Waals surface area contributed by atoms with E-state index in [1.807, 2.05) is 19.9 Å². The lowest BCUT2D eigenvalue weighted by molar-refractivity contribution is 0.0996. The average molecular weight is 245 g/mol. The van der Waals surface area contributed by atoms with Crippen LogP contribution in [0, 0.1) is 0 Å². The minimum Gasteiger partial charge on any atom is -0.459 e. The predicted molar refractivity (Wildman–Crippen MR) is 69.7 cm³/mol. The van der Waals surface area contributed by atoms with Crippen LogP contribution in [0.15, 0.2) is 41.1 Å². The van der Waals surface area contributed by atoms with Crippen LogP contribution >= 0.6 is 0 Å². The number of carbonyl (C=O) groups is 1. The maximum Gasteiger partial charge on any atom is 0.292 e. The van der Waals surface area contributed by atoms with E-state index in [2.05, 4.69) is 15.6 Å². The molecule has 2 rings (SSSR count). The summed E-state index contributed by atoms with van der Waals surface area (Å²) >= 11 is 0. The van der Waals surface area contributed by atoms with Gasteiger partial charge < -0.3 is 15.1 Å². The second kappa shape index (κ2) is 5.35. The summed E-state index contributed by atoms with van der Waals surface area (Å²) in [5.41, 5.74) is 0.918. The molecule has 2 heterocycles. The van der Waals surface area contributed by atoms with Crippen molar-refractivity contribution >= 4 is 17.4 Å². The third-order valence-corrected chi connectivity index (χ3v) is 2.21. The van der Waals surface area contributed by atoms with E-state index >= 15 is 0 Å². The van der Waals surface area contributed by atoms with Gasteiger partial charge in [0, 0.05) is 6.04 Å². The summed E-state index contributed by atoms with van der Waals surface area (Å²) in [4.78, 5) is 15.8. The van der Waals surface area contributed by atoms with Crippen molar-refractivity contribution in [3.63, 3.8) is 0 Å². The van der Waals surface area contributed by atoms with Gasteiger partial charge in [-0.3, -0.25) is 4.79 Å². The van der Waals surface area contributed by atoms with E-state index in [0.717, 1.165) is 5.69 Å². The summed E-state index contributed by atoms with van der Waals surface area (Å²) in [5.74, 6) is 0.448. The first-order chi connectivity index (χ1) is 8.65. The molecule has 0 fully saturated rings. The molecule has 2 aromatic rings. The average Bonchev–Trinajstić information content (AvgIpc) is 2.84. The summed E-state index contributed by atoms with van der Waals surface area (Å²) < 4.78 is 4.99. The van der Waals surface area contributed by atoms with Gasteiger partial charge >= 0.3 is 0 Å². The van der Waals surface area contributed by atoms with E-state index in [1.165, 1.54) is 6.26 Å². The van der Waals surface area contributed by atoms with Gasteiger partial charge in [-0.1, -0.05) is 0 Å². The van der Waals surface area contributed by atoms with E-state index in [-0.39, 0.29) is 11.7 Å². The van der Waals surface area contributed by atoms with Crippen LogP contribution in [0.25, 0.3) is 0 Å². The molecule has 2 aromatic heterocycles. The lowest BCUT2D eigenvalue weighted by Crippen LogP contribution is -2.13. The Morgan fingerprint density at radius 3 is 2.72 bits per heavy atom. The number of hydrogen-bond acceptors (Lipinski definition) is 4. The van der Waals surface area contributed by atoms with Crippen molar-refractivity contribution < 1.29 is 9.21 Å². The van der Waals surface area contributed by atoms with Gasteiger partial charge in [-0.05, 0) is 38.1 Å². The normalized spacial score (nSPS) is 10.4. The molecule has 0 radical (unpaired) electrons. The topological polar surface area (TPSA) is 67.2 Å². The molecule has 5 nitrogen and oxygen atoms in total. The van der Waals surface area contributed by atoms with E-state index in [9.17, 15) is 4.79 Å². The molecule has 0 unspecified atom stereocenters. The standard InChI is InChI=1S/C13H15N3O2/c1-9(2)15-10-5-6-12(14-8-10)16-13(17)11-4-3-7-18-11/h3-9,15H,1-2H3,(H,14,16,17). The second-order valence-corrected chi connectivity index (χ2v) is 4.16. The lowest BCUT2D eigenvalue weighted by Gasteiger charge is -2.09. The second-order valence-electron chi connectivity index (χ2n) is 4.16. The number of rotatable bonds is 4. The van der Waals surface area contributed by atoms with Crippen LogP contribution in [0.1, 0.15) is 24.4 Å². The summed E-state index contributed by atoms with van der Waals surface area (Å²) in [7, 11) is 0. The number of furan rings is 1. The number of aromatic nitrogens is 1. The molecule has 5 heteroatoms. The summed E-state index contributed by atoms with van der Waals surface area (Å²) in [6, 6.07) is 7.22. The van der Waals surface area contributed by atoms with Crippen molar-refractivity contribution in [2.24, 2.45) is 0 Å². The number of carbonyl (C=O) groups excluding carboxylic acids is 1. The molecule has 0 saturated heterocycles. The summed E-state index contributed by atoms with van der Waals surface area (Å²) in [6.45, 7) is 4.10. The van der Waals surface area contributed by atoms with E-state index in [1.54, 1.807) is 24.4 Å². The first-order valence-corrected chi connectivity index (χ1v) is 5.72. The van der Waals surface area contributed by atoms with Gasteiger partial charge in [0.1, 0.15) is 5.82 Å². The fourth-order valence-corrected chi connectivity index (χ4v) is 1.47. The molecule has 2 N–H and O–H groups in total. The van der Waals surface area contributed by atoms with Crippen LogP contribution in [0.4, 0.5) is 11.5 Å². The minimum absolute atomic E-state index is 0.265. The Morgan fingerprint density at radius 2 is 2.17 bits per heavy atom. The highest BCUT2D eigenvalue weighted by Gasteiger charge is 2.09. The Bertz CT molecular complexity index is 504. The van der Waals surface area contributed by atoms with E-state index in [0.29, 0.717) is 11.9 Å². The van der Waals surface area contributed by atoms with E-state index in [4.69, 9.17) is 4.42 Å². The highest BCUT2D eigenvalue weighted by molar-refractivity contribution is 6.01. The number of amides is 1. The van der Waals surface area contributed by atoms with E-state index < -0.39 is 0 Å². The van der Waals surface area contributed by atoms with Crippen molar-refractivity contribution in [3.8, 4) is 0 Å². The van der Waals surface area contributed by atoms with Gasteiger partial charge in [-0.2, -0.15) is 0 Å². The molecular weight excluding hydrogens is 230 g/mol. The van der Waals surface area contributed by atoms with Crippen LogP contribution < -0.4 is 10.6 Å². The molecule has 0 bridgehead atoms. The molecule has 0 atom stereocenters. The predicted octanol–water partition coefficient (Wildman–Crippen LogP) is 2.75. The van der Waals surface area contributed by atoms with Crippen LogP contribution in [0.3, 0.4) is 0 Å². The number of hydrogen-bond donors (Lipinski definition) is 2. The fraction of sp³-hybridized carbons (Fsp3) is 0.231. The summed E-state index contributed by atoms with van der Waals surface area (Å²) in [6.07, 6.45) is 3.13. The molecule has 0 aromatic carbocycles. The molecule has 0 aliphatic carbocycles. The quantitative estimate of drug-likeness (QED) is 0.869. The van der Waals surface area contributed by atoms with Crippen molar-refractivity contribution in [1.29, 1.82) is 0 Å². The van der Waals surface area contributed by atoms with Gasteiger partial charge in [0.25, 0.3) is 5.91 Å². The van der Waals surface area contributed by atoms with Crippen molar-refractivity contribution in [2.45, 2.75) is 19.9 Å². The fourth-order valence-electron chi connectivity index (χ4n) is 1.47. The zero-order chi connectivity index (χ0) is 13.0. The maximum atomic E-state index is 11.7. The third-order valence-electron chi connectivity index (χ3n) is 2.21. The highest BCUT2D eigenvalue weighted by atomic mass is 16.3. The first-order valence-electron chi connectivity index (χ1n) is 5.72. The largest absolute Gasteiger partial charge is 0.459 e. The number of nitrogens with zero attached hydrogens (tertiary/aromatic N) is 1. The van der Waals surface area contributed by atoms with Crippen molar-refractivity contribution in [3.05, 3.63) is 42.5 Å². The number of anilines is 2.